The zero-order valence-electron chi connectivity index (χ0n) is 54.4. The molecule has 0 aromatic rings. The monoisotopic (exact) mass is 1160 g/mol. The Labute approximate surface area is 509 Å². The molecule has 0 heterocycles. The van der Waals surface area contributed by atoms with Crippen LogP contribution in [0.4, 0.5) is 0 Å². The van der Waals surface area contributed by atoms with Crippen LogP contribution in [-0.2, 0) is 18.4 Å². The lowest BCUT2D eigenvalue weighted by Gasteiger charge is -2.29. The molecule has 9 heteroatoms. The third kappa shape index (κ3) is 65.0. The number of phosphoric acid groups is 1. The molecule has 0 aliphatic carbocycles. The Morgan fingerprint density at radius 1 is 0.439 bits per heavy atom. The largest absolute Gasteiger partial charge is 0.756 e. The molecule has 0 rings (SSSR count). The van der Waals surface area contributed by atoms with E-state index in [-0.39, 0.29) is 12.5 Å². The molecule has 3 unspecified atom stereocenters. The van der Waals surface area contributed by atoms with Crippen molar-refractivity contribution in [1.82, 2.24) is 5.32 Å². The summed E-state index contributed by atoms with van der Waals surface area (Å²) in [7, 11) is 1.24. The number of rotatable bonds is 63. The molecule has 8 nitrogen and oxygen atoms in total. The Morgan fingerprint density at radius 3 is 1.13 bits per heavy atom. The second-order valence-corrected chi connectivity index (χ2v) is 25.9. The number of likely N-dealkylation sites (N-methyl/N-ethyl adjacent to an activating group) is 1. The third-order valence-electron chi connectivity index (χ3n) is 15.3. The first-order chi connectivity index (χ1) is 40.0. The average molecular weight is 1170 g/mol. The zero-order valence-corrected chi connectivity index (χ0v) is 55.3. The summed E-state index contributed by atoms with van der Waals surface area (Å²) in [4.78, 5) is 25.6. The van der Waals surface area contributed by atoms with E-state index in [4.69, 9.17) is 9.05 Å². The molecule has 0 aromatic heterocycles. The first kappa shape index (κ1) is 79.4. The molecule has 0 aromatic carbocycles. The van der Waals surface area contributed by atoms with Gasteiger partial charge in [-0.25, -0.2) is 0 Å². The summed E-state index contributed by atoms with van der Waals surface area (Å²) in [6.07, 6.45) is 91.0. The van der Waals surface area contributed by atoms with Crippen molar-refractivity contribution < 1.29 is 32.9 Å². The van der Waals surface area contributed by atoms with Gasteiger partial charge in [0, 0.05) is 6.42 Å². The summed E-state index contributed by atoms with van der Waals surface area (Å²) in [5.41, 5.74) is 0. The highest BCUT2D eigenvalue weighted by Gasteiger charge is 2.23. The summed E-state index contributed by atoms with van der Waals surface area (Å²) in [6, 6.07) is -0.911. The van der Waals surface area contributed by atoms with E-state index in [1.165, 1.54) is 212 Å². The number of phosphoric ester groups is 1. The minimum Gasteiger partial charge on any atom is -0.756 e. The summed E-state index contributed by atoms with van der Waals surface area (Å²) in [5.74, 6) is -0.208. The second kappa shape index (κ2) is 62.9. The first-order valence-electron chi connectivity index (χ1n) is 34.6. The highest BCUT2D eigenvalue weighted by Crippen LogP contribution is 2.38. The molecule has 476 valence electrons. The highest BCUT2D eigenvalue weighted by molar-refractivity contribution is 7.45. The van der Waals surface area contributed by atoms with Gasteiger partial charge in [-0.15, -0.1) is 0 Å². The Kier molecular flexibility index (Phi) is 61.0. The Hall–Kier alpha value is -2.58. The Bertz CT molecular complexity index is 1660. The maximum Gasteiger partial charge on any atom is 0.268 e. The fourth-order valence-corrected chi connectivity index (χ4v) is 10.7. The van der Waals surface area contributed by atoms with Gasteiger partial charge in [0.05, 0.1) is 39.9 Å². The lowest BCUT2D eigenvalue weighted by atomic mass is 10.0. The lowest BCUT2D eigenvalue weighted by molar-refractivity contribution is -0.870. The number of nitrogens with one attached hydrogen (secondary N) is 1. The van der Waals surface area contributed by atoms with Gasteiger partial charge in [0.1, 0.15) is 13.2 Å². The van der Waals surface area contributed by atoms with E-state index in [2.05, 4.69) is 104 Å². The molecule has 0 fully saturated rings. The zero-order chi connectivity index (χ0) is 59.8. The van der Waals surface area contributed by atoms with Gasteiger partial charge in [0.15, 0.2) is 0 Å². The summed E-state index contributed by atoms with van der Waals surface area (Å²) in [5, 5.41) is 13.9. The number of hydrogen-bond donors (Lipinski definition) is 2. The second-order valence-electron chi connectivity index (χ2n) is 24.5. The molecular formula is C73H133N2O6P. The van der Waals surface area contributed by atoms with Crippen LogP contribution in [0, 0.1) is 0 Å². The van der Waals surface area contributed by atoms with Crippen LogP contribution in [0.5, 0.6) is 0 Å². The number of carbonyl (C=O) groups excluding carboxylic acids is 1. The van der Waals surface area contributed by atoms with E-state index >= 15 is 0 Å². The average Bonchev–Trinajstić information content (AvgIpc) is 3.47. The van der Waals surface area contributed by atoms with Crippen molar-refractivity contribution in [3.63, 3.8) is 0 Å². The molecule has 0 radical (unpaired) electrons. The molecule has 82 heavy (non-hydrogen) atoms. The van der Waals surface area contributed by atoms with Crippen molar-refractivity contribution in [3.8, 4) is 0 Å². The van der Waals surface area contributed by atoms with Gasteiger partial charge in [-0.2, -0.15) is 0 Å². The van der Waals surface area contributed by atoms with Crippen molar-refractivity contribution in [2.75, 3.05) is 40.9 Å². The van der Waals surface area contributed by atoms with Crippen LogP contribution in [0.3, 0.4) is 0 Å². The number of nitrogens with zero attached hydrogens (tertiary/aromatic N) is 1. The number of carbonyl (C=O) groups is 1. The Balaban J connectivity index is 4.13. The van der Waals surface area contributed by atoms with Crippen molar-refractivity contribution >= 4 is 13.7 Å². The maximum absolute atomic E-state index is 13.0. The summed E-state index contributed by atoms with van der Waals surface area (Å²) >= 11 is 0. The smallest absolute Gasteiger partial charge is 0.268 e. The predicted molar refractivity (Wildman–Crippen MR) is 357 cm³/mol. The third-order valence-corrected chi connectivity index (χ3v) is 16.2. The van der Waals surface area contributed by atoms with E-state index in [9.17, 15) is 19.4 Å². The molecule has 0 saturated heterocycles. The molecule has 0 aliphatic rings. The number of aliphatic hydroxyl groups excluding tert-OH is 1. The predicted octanol–water partition coefficient (Wildman–Crippen LogP) is 21.5. The standard InChI is InChI=1S/C73H133N2O6P/c1-6-8-10-12-14-16-18-20-22-24-26-28-30-32-34-35-36-37-38-39-41-43-45-47-49-51-53-55-57-59-61-63-65-67-73(77)74-71(70-81-82(78,79)80-69-68-75(3,4)5)72(76)66-64-62-60-58-56-54-52-50-48-46-44-42-40-33-31-29-27-25-23-21-19-17-15-13-11-9-7-2/h8,10,14,16,20,22,26,28,32,34,36-37,56,58,64,66,71-72,76H,6-7,9,11-13,15,17-19,21,23-25,27,29-31,33,35,38-55,57,59-63,65,67-70H2,1-5H3,(H-,74,77,78,79)/b10-8-,16-14-,22-20-,28-26-,34-32-,37-36-,58-56+,66-64+. The quantitative estimate of drug-likeness (QED) is 0.0272. The molecule has 0 saturated carbocycles. The number of unbranched alkanes of at least 4 members (excludes halogenated alkanes) is 36. The fourth-order valence-electron chi connectivity index (χ4n) is 9.94. The molecule has 0 bridgehead atoms. The van der Waals surface area contributed by atoms with Gasteiger partial charge in [-0.3, -0.25) is 9.36 Å². The van der Waals surface area contributed by atoms with Gasteiger partial charge in [0.2, 0.25) is 5.91 Å². The van der Waals surface area contributed by atoms with Crippen LogP contribution in [-0.4, -0.2) is 68.5 Å². The maximum atomic E-state index is 13.0. The summed E-state index contributed by atoms with van der Waals surface area (Å²) in [6.45, 7) is 4.54. The van der Waals surface area contributed by atoms with Crippen LogP contribution >= 0.6 is 7.82 Å². The van der Waals surface area contributed by atoms with E-state index in [0.29, 0.717) is 17.4 Å². The summed E-state index contributed by atoms with van der Waals surface area (Å²) < 4.78 is 23.4. The minimum absolute atomic E-state index is 0.00930. The van der Waals surface area contributed by atoms with Gasteiger partial charge in [0.25, 0.3) is 7.82 Å². The molecule has 3 atom stereocenters. The van der Waals surface area contributed by atoms with Crippen molar-refractivity contribution in [2.45, 2.75) is 321 Å². The number of aliphatic hydroxyl groups is 1. The van der Waals surface area contributed by atoms with Gasteiger partial charge in [-0.05, 0) is 83.5 Å². The van der Waals surface area contributed by atoms with E-state index in [0.717, 1.165) is 77.0 Å². The van der Waals surface area contributed by atoms with Crippen LogP contribution in [0.15, 0.2) is 97.2 Å². The minimum atomic E-state index is -4.62. The number of amides is 1. The van der Waals surface area contributed by atoms with Gasteiger partial charge >= 0.3 is 0 Å². The molecular weight excluding hydrogens is 1030 g/mol. The number of quaternary nitrogens is 1. The van der Waals surface area contributed by atoms with Crippen molar-refractivity contribution in [3.05, 3.63) is 97.2 Å². The van der Waals surface area contributed by atoms with E-state index in [1.54, 1.807) is 6.08 Å². The van der Waals surface area contributed by atoms with Crippen molar-refractivity contribution in [2.24, 2.45) is 0 Å². The molecule has 0 spiro atoms. The van der Waals surface area contributed by atoms with Crippen LogP contribution in [0.25, 0.3) is 0 Å². The van der Waals surface area contributed by atoms with Gasteiger partial charge < -0.3 is 28.8 Å². The van der Waals surface area contributed by atoms with Crippen LogP contribution in [0.1, 0.15) is 309 Å². The molecule has 2 N–H and O–H groups in total. The molecule has 1 amide bonds. The molecule has 0 aliphatic heterocycles. The van der Waals surface area contributed by atoms with E-state index in [1.807, 2.05) is 27.2 Å². The van der Waals surface area contributed by atoms with Crippen LogP contribution in [0.2, 0.25) is 0 Å². The topological polar surface area (TPSA) is 108 Å². The normalized spacial score (nSPS) is 14.3. The number of allylic oxidation sites excluding steroid dienone is 15. The highest BCUT2D eigenvalue weighted by atomic mass is 31.2. The lowest BCUT2D eigenvalue weighted by Crippen LogP contribution is -2.45. The fraction of sp³-hybridized carbons (Fsp3) is 0.767. The first-order valence-corrected chi connectivity index (χ1v) is 36.1. The van der Waals surface area contributed by atoms with E-state index < -0.39 is 26.6 Å². The number of hydrogen-bond acceptors (Lipinski definition) is 6. The SMILES string of the molecule is CC/C=C\C/C=C\C/C=C\C/C=C\C/C=C\C/C=C\CCCCCCCCCCCCCCCCC(=O)NC(COP(=O)([O-])OCC[N+](C)(C)C)C(O)/C=C/CC/C=C/CCCCCCCCCCCCCCCCCCCCCCC. The van der Waals surface area contributed by atoms with Crippen molar-refractivity contribution in [1.29, 1.82) is 0 Å². The van der Waals surface area contributed by atoms with Gasteiger partial charge in [-0.1, -0.05) is 317 Å². The Morgan fingerprint density at radius 2 is 0.756 bits per heavy atom. The van der Waals surface area contributed by atoms with Crippen LogP contribution < -0.4 is 10.2 Å².